The van der Waals surface area contributed by atoms with Crippen LogP contribution in [0.25, 0.3) is 0 Å². The third-order valence-corrected chi connectivity index (χ3v) is 9.98. The van der Waals surface area contributed by atoms with Gasteiger partial charge in [-0.25, -0.2) is 0 Å². The van der Waals surface area contributed by atoms with E-state index in [0.29, 0.717) is 43.5 Å². The molecule has 2 N–H and O–H groups in total. The van der Waals surface area contributed by atoms with Crippen LogP contribution in [0.4, 0.5) is 0 Å². The van der Waals surface area contributed by atoms with Crippen molar-refractivity contribution in [2.75, 3.05) is 46.3 Å². The van der Waals surface area contributed by atoms with Crippen LogP contribution in [0.2, 0.25) is 5.02 Å². The Kier molecular flexibility index (Phi) is 12.9. The van der Waals surface area contributed by atoms with E-state index in [-0.39, 0.29) is 17.9 Å². The summed E-state index contributed by atoms with van der Waals surface area (Å²) < 4.78 is 0. The number of amides is 2. The van der Waals surface area contributed by atoms with Gasteiger partial charge in [-0.2, -0.15) is 0 Å². The van der Waals surface area contributed by atoms with Crippen molar-refractivity contribution in [3.05, 3.63) is 70.2 Å². The van der Waals surface area contributed by atoms with Gasteiger partial charge < -0.3 is 20.4 Å². The van der Waals surface area contributed by atoms with Crippen LogP contribution in [-0.4, -0.2) is 91.0 Å². The van der Waals surface area contributed by atoms with Crippen molar-refractivity contribution in [1.29, 1.82) is 0 Å². The maximum absolute atomic E-state index is 13.8. The minimum Gasteiger partial charge on any atom is -0.343 e. The van der Waals surface area contributed by atoms with Crippen LogP contribution < -0.4 is 10.6 Å². The van der Waals surface area contributed by atoms with Gasteiger partial charge in [0.1, 0.15) is 6.04 Å². The quantitative estimate of drug-likeness (QED) is 0.429. The van der Waals surface area contributed by atoms with Gasteiger partial charge in [-0.05, 0) is 81.1 Å². The minimum absolute atomic E-state index is 0.00711. The summed E-state index contributed by atoms with van der Waals surface area (Å²) in [4.78, 5) is 33.9. The monoisotopic (exact) mass is 609 g/mol. The maximum Gasteiger partial charge on any atom is 0.245 e. The first kappa shape index (κ1) is 33.4. The fourth-order valence-corrected chi connectivity index (χ4v) is 6.63. The number of carbonyl (C=O) groups is 2. The molecule has 2 aliphatic heterocycles. The molecule has 0 radical (unpaired) electrons. The van der Waals surface area contributed by atoms with Crippen molar-refractivity contribution in [1.82, 2.24) is 25.3 Å². The second-order valence-electron chi connectivity index (χ2n) is 12.4. The van der Waals surface area contributed by atoms with E-state index in [0.717, 1.165) is 37.7 Å². The van der Waals surface area contributed by atoms with Gasteiger partial charge in [-0.15, -0.1) is 0 Å². The van der Waals surface area contributed by atoms with E-state index in [2.05, 4.69) is 60.4 Å². The summed E-state index contributed by atoms with van der Waals surface area (Å²) >= 11 is 6.09. The van der Waals surface area contributed by atoms with E-state index < -0.39 is 6.04 Å². The molecule has 3 aliphatic rings. The maximum atomic E-state index is 13.8. The second-order valence-corrected chi connectivity index (χ2v) is 12.9. The van der Waals surface area contributed by atoms with Gasteiger partial charge in [0.2, 0.25) is 11.8 Å². The Morgan fingerprint density at radius 2 is 1.60 bits per heavy atom. The largest absolute Gasteiger partial charge is 0.343 e. The number of piperazine rings is 1. The molecule has 2 heterocycles. The number of halogens is 1. The first-order valence-corrected chi connectivity index (χ1v) is 16.7. The zero-order valence-electron chi connectivity index (χ0n) is 26.7. The summed E-state index contributed by atoms with van der Waals surface area (Å²) in [6, 6.07) is 15.4. The number of benzene rings is 2. The Hall–Kier alpha value is -2.45. The second kappa shape index (κ2) is 16.6. The zero-order chi connectivity index (χ0) is 30.8. The average molecular weight is 610 g/mol. The zero-order valence-corrected chi connectivity index (χ0v) is 27.4. The molecular formula is C35H52ClN5O2. The molecule has 0 aromatic heterocycles. The summed E-state index contributed by atoms with van der Waals surface area (Å²) in [6.07, 6.45) is 6.43. The predicted octanol–water partition coefficient (Wildman–Crippen LogP) is 4.76. The van der Waals surface area contributed by atoms with Crippen molar-refractivity contribution in [2.45, 2.75) is 84.0 Å². The first-order valence-electron chi connectivity index (χ1n) is 16.3. The third kappa shape index (κ3) is 9.52. The molecule has 8 heteroatoms. The molecule has 43 heavy (non-hydrogen) atoms. The predicted molar refractivity (Wildman–Crippen MR) is 176 cm³/mol. The Labute approximate surface area is 264 Å². The van der Waals surface area contributed by atoms with E-state index in [1.165, 1.54) is 36.8 Å². The number of hydrogen-bond acceptors (Lipinski definition) is 5. The number of hydrogen-bond donors (Lipinski definition) is 2. The summed E-state index contributed by atoms with van der Waals surface area (Å²) in [5.74, 6) is 0.676. The van der Waals surface area contributed by atoms with Gasteiger partial charge in [0, 0.05) is 50.2 Å². The summed E-state index contributed by atoms with van der Waals surface area (Å²) in [5.41, 5.74) is 3.40. The number of nitrogens with zero attached hydrogens (tertiary/aromatic N) is 3. The Bertz CT molecular complexity index is 1160. The number of fused-ring (bicyclic) bond motifs is 1. The van der Waals surface area contributed by atoms with Crippen LogP contribution >= 0.6 is 11.6 Å². The van der Waals surface area contributed by atoms with Gasteiger partial charge in [0.05, 0.1) is 6.04 Å². The van der Waals surface area contributed by atoms with E-state index in [9.17, 15) is 9.59 Å². The summed E-state index contributed by atoms with van der Waals surface area (Å²) in [7, 11) is 2.11. The van der Waals surface area contributed by atoms with Crippen molar-refractivity contribution in [3.8, 4) is 0 Å². The fourth-order valence-electron chi connectivity index (χ4n) is 6.50. The molecule has 7 nitrogen and oxygen atoms in total. The molecule has 236 valence electrons. The van der Waals surface area contributed by atoms with Crippen molar-refractivity contribution >= 4 is 23.4 Å². The first-order chi connectivity index (χ1) is 20.8. The SMILES string of the molecule is CC(C1CCCC1)N1CCN(C(=O)C(Cc2ccc(Cl)cc2)NC(=O)C2Cc3ccccc3CN2)CC1.CCN(C)CC. The summed E-state index contributed by atoms with van der Waals surface area (Å²) in [5, 5.41) is 7.13. The number of nitrogens with one attached hydrogen (secondary N) is 2. The Balaban J connectivity index is 0.000000641. The highest BCUT2D eigenvalue weighted by atomic mass is 35.5. The Morgan fingerprint density at radius 3 is 2.21 bits per heavy atom. The lowest BCUT2D eigenvalue weighted by molar-refractivity contribution is -0.138. The van der Waals surface area contributed by atoms with E-state index in [1.807, 2.05) is 41.3 Å². The van der Waals surface area contributed by atoms with E-state index >= 15 is 0 Å². The standard InChI is InChI=1S/C30H39ClN4O2.C5H13N/c1-21(23-6-2-3-7-23)34-14-16-35(17-15-34)30(37)28(18-22-10-12-26(31)13-11-22)33-29(36)27-19-24-8-4-5-9-25(24)20-32-27;1-4-6(3)5-2/h4-5,8-13,21,23,27-28,32H,2-3,6-7,14-20H2,1H3,(H,33,36);4-5H2,1-3H3. The lowest BCUT2D eigenvalue weighted by atomic mass is 9.95. The van der Waals surface area contributed by atoms with Crippen LogP contribution in [0.3, 0.4) is 0 Å². The smallest absolute Gasteiger partial charge is 0.245 e. The molecule has 2 aromatic carbocycles. The van der Waals surface area contributed by atoms with Gasteiger partial charge in [-0.1, -0.05) is 74.7 Å². The normalized spacial score (nSPS) is 20.6. The molecule has 1 saturated carbocycles. The van der Waals surface area contributed by atoms with Crippen molar-refractivity contribution in [2.24, 2.45) is 5.92 Å². The number of carbonyl (C=O) groups excluding carboxylic acids is 2. The molecule has 2 aromatic rings. The highest BCUT2D eigenvalue weighted by Crippen LogP contribution is 2.30. The molecule has 3 unspecified atom stereocenters. The lowest BCUT2D eigenvalue weighted by Gasteiger charge is -2.41. The third-order valence-electron chi connectivity index (χ3n) is 9.73. The molecule has 1 aliphatic carbocycles. The Morgan fingerprint density at radius 1 is 0.977 bits per heavy atom. The summed E-state index contributed by atoms with van der Waals surface area (Å²) in [6.45, 7) is 12.9. The average Bonchev–Trinajstić information content (AvgIpc) is 3.60. The fraction of sp³-hybridized carbons (Fsp3) is 0.600. The minimum atomic E-state index is -0.605. The van der Waals surface area contributed by atoms with Crippen LogP contribution in [0.5, 0.6) is 0 Å². The van der Waals surface area contributed by atoms with Gasteiger partial charge >= 0.3 is 0 Å². The molecule has 2 amide bonds. The van der Waals surface area contributed by atoms with E-state index in [4.69, 9.17) is 11.6 Å². The molecular weight excluding hydrogens is 558 g/mol. The molecule has 1 saturated heterocycles. The highest BCUT2D eigenvalue weighted by Gasteiger charge is 2.34. The molecule has 0 bridgehead atoms. The van der Waals surface area contributed by atoms with Crippen LogP contribution in [0.15, 0.2) is 48.5 Å². The van der Waals surface area contributed by atoms with Gasteiger partial charge in [-0.3, -0.25) is 14.5 Å². The van der Waals surface area contributed by atoms with Gasteiger partial charge in [0.15, 0.2) is 0 Å². The topological polar surface area (TPSA) is 67.9 Å². The highest BCUT2D eigenvalue weighted by molar-refractivity contribution is 6.30. The number of rotatable bonds is 9. The van der Waals surface area contributed by atoms with Crippen molar-refractivity contribution < 1.29 is 9.59 Å². The molecule has 2 fully saturated rings. The molecule has 3 atom stereocenters. The van der Waals surface area contributed by atoms with Crippen LogP contribution in [0.1, 0.15) is 63.1 Å². The van der Waals surface area contributed by atoms with E-state index in [1.54, 1.807) is 0 Å². The van der Waals surface area contributed by atoms with Crippen molar-refractivity contribution in [3.63, 3.8) is 0 Å². The molecule has 5 rings (SSSR count). The molecule has 0 spiro atoms. The lowest BCUT2D eigenvalue weighted by Crippen LogP contribution is -2.59. The van der Waals surface area contributed by atoms with Crippen LogP contribution in [-0.2, 0) is 29.0 Å². The van der Waals surface area contributed by atoms with Crippen LogP contribution in [0, 0.1) is 5.92 Å². The van der Waals surface area contributed by atoms with Gasteiger partial charge in [0.25, 0.3) is 0 Å².